The number of thiazole rings is 1. The van der Waals surface area contributed by atoms with Crippen molar-refractivity contribution in [2.24, 2.45) is 0 Å². The molecule has 24 heavy (non-hydrogen) atoms. The Bertz CT molecular complexity index is 902. The molecule has 1 aromatic carbocycles. The van der Waals surface area contributed by atoms with E-state index in [0.717, 1.165) is 21.1 Å². The standard InChI is InChI=1S/C18H19N3O2S/c1-12-14(10-11-15(22)23-18(2,3)4)24-17-19-16(20-21(12)17)13-8-6-5-7-9-13/h5-11H,1-4H3/b11-10+. The molecule has 2 aromatic heterocycles. The van der Waals surface area contributed by atoms with E-state index in [1.165, 1.54) is 17.4 Å². The van der Waals surface area contributed by atoms with Gasteiger partial charge in [-0.15, -0.1) is 5.10 Å². The van der Waals surface area contributed by atoms with Gasteiger partial charge in [-0.3, -0.25) is 0 Å². The number of fused-ring (bicyclic) bond motifs is 1. The van der Waals surface area contributed by atoms with Gasteiger partial charge in [-0.05, 0) is 33.8 Å². The van der Waals surface area contributed by atoms with Crippen molar-refractivity contribution in [3.63, 3.8) is 0 Å². The van der Waals surface area contributed by atoms with E-state index in [2.05, 4.69) is 10.1 Å². The van der Waals surface area contributed by atoms with E-state index in [4.69, 9.17) is 4.74 Å². The van der Waals surface area contributed by atoms with Gasteiger partial charge in [0.2, 0.25) is 4.96 Å². The molecule has 0 aliphatic carbocycles. The molecular formula is C18H19N3O2S. The van der Waals surface area contributed by atoms with Crippen molar-refractivity contribution in [1.29, 1.82) is 0 Å². The minimum absolute atomic E-state index is 0.356. The SMILES string of the molecule is Cc1c(/C=C/C(=O)OC(C)(C)C)sc2nc(-c3ccccc3)nn12. The third kappa shape index (κ3) is 3.54. The van der Waals surface area contributed by atoms with E-state index in [-0.39, 0.29) is 5.97 Å². The number of aromatic nitrogens is 3. The number of aryl methyl sites for hydroxylation is 1. The topological polar surface area (TPSA) is 56.5 Å². The molecule has 0 saturated carbocycles. The van der Waals surface area contributed by atoms with Crippen molar-refractivity contribution in [1.82, 2.24) is 14.6 Å². The average Bonchev–Trinajstić information content (AvgIpc) is 3.04. The first-order chi connectivity index (χ1) is 11.3. The first kappa shape index (κ1) is 16.4. The van der Waals surface area contributed by atoms with Gasteiger partial charge in [-0.25, -0.2) is 9.31 Å². The molecule has 0 spiro atoms. The number of ether oxygens (including phenoxy) is 1. The number of carbonyl (C=O) groups is 1. The van der Waals surface area contributed by atoms with Crippen LogP contribution in [-0.4, -0.2) is 26.2 Å². The zero-order chi connectivity index (χ0) is 17.3. The fourth-order valence-corrected chi connectivity index (χ4v) is 3.17. The van der Waals surface area contributed by atoms with Crippen LogP contribution in [0.1, 0.15) is 31.3 Å². The molecule has 3 aromatic rings. The van der Waals surface area contributed by atoms with Gasteiger partial charge in [-0.1, -0.05) is 41.7 Å². The van der Waals surface area contributed by atoms with Gasteiger partial charge in [0.1, 0.15) is 5.60 Å². The molecule has 0 unspecified atom stereocenters. The molecule has 124 valence electrons. The van der Waals surface area contributed by atoms with Crippen molar-refractivity contribution in [3.05, 3.63) is 47.0 Å². The van der Waals surface area contributed by atoms with Crippen LogP contribution in [0.25, 0.3) is 22.4 Å². The van der Waals surface area contributed by atoms with E-state index in [0.29, 0.717) is 5.82 Å². The number of nitrogens with zero attached hydrogens (tertiary/aromatic N) is 3. The van der Waals surface area contributed by atoms with Gasteiger partial charge in [-0.2, -0.15) is 4.98 Å². The smallest absolute Gasteiger partial charge is 0.331 e. The Balaban J connectivity index is 1.85. The summed E-state index contributed by atoms with van der Waals surface area (Å²) in [6, 6.07) is 9.86. The van der Waals surface area contributed by atoms with Crippen LogP contribution in [0.3, 0.4) is 0 Å². The maximum Gasteiger partial charge on any atom is 0.331 e. The van der Waals surface area contributed by atoms with Gasteiger partial charge >= 0.3 is 5.97 Å². The number of esters is 1. The van der Waals surface area contributed by atoms with Crippen LogP contribution >= 0.6 is 11.3 Å². The zero-order valence-electron chi connectivity index (χ0n) is 14.1. The second-order valence-corrected chi connectivity index (χ2v) is 7.42. The van der Waals surface area contributed by atoms with Gasteiger partial charge in [0, 0.05) is 11.6 Å². The molecule has 0 amide bonds. The molecule has 0 radical (unpaired) electrons. The van der Waals surface area contributed by atoms with E-state index >= 15 is 0 Å². The van der Waals surface area contributed by atoms with Crippen LogP contribution in [0.15, 0.2) is 36.4 Å². The Morgan fingerprint density at radius 2 is 1.96 bits per heavy atom. The first-order valence-corrected chi connectivity index (χ1v) is 8.48. The molecule has 2 heterocycles. The highest BCUT2D eigenvalue weighted by Gasteiger charge is 2.15. The summed E-state index contributed by atoms with van der Waals surface area (Å²) >= 11 is 1.49. The Hall–Kier alpha value is -2.47. The second kappa shape index (κ2) is 6.20. The fraction of sp³-hybridized carbons (Fsp3) is 0.278. The summed E-state index contributed by atoms with van der Waals surface area (Å²) < 4.78 is 7.08. The second-order valence-electron chi connectivity index (χ2n) is 6.41. The van der Waals surface area contributed by atoms with Gasteiger partial charge in [0.15, 0.2) is 5.82 Å². The predicted molar refractivity (Wildman–Crippen MR) is 95.9 cm³/mol. The van der Waals surface area contributed by atoms with Gasteiger partial charge in [0.25, 0.3) is 0 Å². The Kier molecular flexibility index (Phi) is 4.24. The molecule has 0 bridgehead atoms. The Labute approximate surface area is 144 Å². The molecule has 0 fully saturated rings. The maximum absolute atomic E-state index is 11.8. The highest BCUT2D eigenvalue weighted by Crippen LogP contribution is 2.25. The quantitative estimate of drug-likeness (QED) is 0.531. The van der Waals surface area contributed by atoms with Gasteiger partial charge in [0.05, 0.1) is 10.6 Å². The van der Waals surface area contributed by atoms with Crippen molar-refractivity contribution < 1.29 is 9.53 Å². The van der Waals surface area contributed by atoms with Crippen molar-refractivity contribution in [3.8, 4) is 11.4 Å². The number of hydrogen-bond acceptors (Lipinski definition) is 5. The molecule has 0 atom stereocenters. The maximum atomic E-state index is 11.8. The summed E-state index contributed by atoms with van der Waals surface area (Å²) in [6.45, 7) is 7.50. The molecule has 5 nitrogen and oxygen atoms in total. The van der Waals surface area contributed by atoms with E-state index in [1.807, 2.05) is 62.5 Å². The van der Waals surface area contributed by atoms with Crippen LogP contribution < -0.4 is 0 Å². The molecule has 0 aliphatic rings. The van der Waals surface area contributed by atoms with Crippen molar-refractivity contribution >= 4 is 28.3 Å². The predicted octanol–water partition coefficient (Wildman–Crippen LogP) is 4.12. The first-order valence-electron chi connectivity index (χ1n) is 7.66. The summed E-state index contributed by atoms with van der Waals surface area (Å²) in [7, 11) is 0. The largest absolute Gasteiger partial charge is 0.457 e. The summed E-state index contributed by atoms with van der Waals surface area (Å²) in [5.41, 5.74) is 1.44. The summed E-state index contributed by atoms with van der Waals surface area (Å²) in [4.78, 5) is 18.1. The van der Waals surface area contributed by atoms with Crippen molar-refractivity contribution in [2.75, 3.05) is 0 Å². The summed E-state index contributed by atoms with van der Waals surface area (Å²) in [6.07, 6.45) is 3.20. The number of benzene rings is 1. The lowest BCUT2D eigenvalue weighted by atomic mass is 10.2. The lowest BCUT2D eigenvalue weighted by Crippen LogP contribution is -2.22. The fourth-order valence-electron chi connectivity index (χ4n) is 2.20. The van der Waals surface area contributed by atoms with E-state index < -0.39 is 5.60 Å². The van der Waals surface area contributed by atoms with Crippen LogP contribution in [-0.2, 0) is 9.53 Å². The van der Waals surface area contributed by atoms with E-state index in [1.54, 1.807) is 6.08 Å². The average molecular weight is 341 g/mol. The lowest BCUT2D eigenvalue weighted by Gasteiger charge is -2.17. The Morgan fingerprint density at radius 1 is 1.25 bits per heavy atom. The highest BCUT2D eigenvalue weighted by molar-refractivity contribution is 7.18. The lowest BCUT2D eigenvalue weighted by molar-refractivity contribution is -0.148. The Morgan fingerprint density at radius 3 is 2.58 bits per heavy atom. The minimum Gasteiger partial charge on any atom is -0.457 e. The minimum atomic E-state index is -0.493. The van der Waals surface area contributed by atoms with Crippen molar-refractivity contribution in [2.45, 2.75) is 33.3 Å². The van der Waals surface area contributed by atoms with Crippen LogP contribution in [0.5, 0.6) is 0 Å². The molecular weight excluding hydrogens is 322 g/mol. The van der Waals surface area contributed by atoms with Gasteiger partial charge < -0.3 is 4.74 Å². The van der Waals surface area contributed by atoms with Crippen LogP contribution in [0, 0.1) is 6.92 Å². The molecule has 3 rings (SSSR count). The van der Waals surface area contributed by atoms with E-state index in [9.17, 15) is 4.79 Å². The zero-order valence-corrected chi connectivity index (χ0v) is 14.9. The molecule has 0 saturated heterocycles. The normalized spacial score (nSPS) is 12.2. The number of hydrogen-bond donors (Lipinski definition) is 0. The molecule has 6 heteroatoms. The van der Waals surface area contributed by atoms with Crippen LogP contribution in [0.4, 0.5) is 0 Å². The highest BCUT2D eigenvalue weighted by atomic mass is 32.1. The molecule has 0 N–H and O–H groups in total. The monoisotopic (exact) mass is 341 g/mol. The third-order valence-electron chi connectivity index (χ3n) is 3.26. The third-order valence-corrected chi connectivity index (χ3v) is 4.36. The number of carbonyl (C=O) groups excluding carboxylic acids is 1. The number of rotatable bonds is 3. The van der Waals surface area contributed by atoms with Crippen LogP contribution in [0.2, 0.25) is 0 Å². The summed E-state index contributed by atoms with van der Waals surface area (Å²) in [5, 5.41) is 4.56. The summed E-state index contributed by atoms with van der Waals surface area (Å²) in [5.74, 6) is 0.346. The molecule has 0 aliphatic heterocycles.